The van der Waals surface area contributed by atoms with Crippen LogP contribution in [0.15, 0.2) is 47.1 Å². The van der Waals surface area contributed by atoms with Gasteiger partial charge in [0.1, 0.15) is 5.76 Å². The Morgan fingerprint density at radius 2 is 1.70 bits per heavy atom. The first-order chi connectivity index (χ1) is 13.2. The van der Waals surface area contributed by atoms with E-state index in [9.17, 15) is 9.59 Å². The molecule has 142 valence electrons. The number of piperidine rings is 1. The first kappa shape index (κ1) is 17.6. The highest BCUT2D eigenvalue weighted by molar-refractivity contribution is 5.93. The molecule has 2 aliphatic heterocycles. The van der Waals surface area contributed by atoms with Crippen molar-refractivity contribution in [1.29, 1.82) is 0 Å². The van der Waals surface area contributed by atoms with Crippen LogP contribution in [0.2, 0.25) is 0 Å². The van der Waals surface area contributed by atoms with Crippen molar-refractivity contribution in [2.45, 2.75) is 25.7 Å². The number of carbonyl (C=O) groups excluding carboxylic acids is 2. The van der Waals surface area contributed by atoms with E-state index in [1.54, 1.807) is 6.26 Å². The SMILES string of the molecule is O=C(Nc1ccc(-c2ccco2)cc1)[C@@H]1CCCN(C(=O)N2CCCC2)C1. The second-order valence-electron chi connectivity index (χ2n) is 7.31. The van der Waals surface area contributed by atoms with Gasteiger partial charge in [-0.15, -0.1) is 0 Å². The van der Waals surface area contributed by atoms with E-state index in [1.807, 2.05) is 46.2 Å². The predicted molar refractivity (Wildman–Crippen MR) is 103 cm³/mol. The summed E-state index contributed by atoms with van der Waals surface area (Å²) in [5, 5.41) is 2.99. The van der Waals surface area contributed by atoms with Gasteiger partial charge < -0.3 is 19.5 Å². The lowest BCUT2D eigenvalue weighted by molar-refractivity contribution is -0.121. The molecule has 1 atom stereocenters. The van der Waals surface area contributed by atoms with E-state index in [0.29, 0.717) is 6.54 Å². The fraction of sp³-hybridized carbons (Fsp3) is 0.429. The van der Waals surface area contributed by atoms with Crippen LogP contribution < -0.4 is 5.32 Å². The molecular formula is C21H25N3O3. The molecule has 2 saturated heterocycles. The zero-order chi connectivity index (χ0) is 18.6. The number of hydrogen-bond donors (Lipinski definition) is 1. The number of nitrogens with zero attached hydrogens (tertiary/aromatic N) is 2. The summed E-state index contributed by atoms with van der Waals surface area (Å²) >= 11 is 0. The third-order valence-electron chi connectivity index (χ3n) is 5.40. The topological polar surface area (TPSA) is 65.8 Å². The molecule has 6 heteroatoms. The lowest BCUT2D eigenvalue weighted by atomic mass is 9.97. The molecule has 6 nitrogen and oxygen atoms in total. The summed E-state index contributed by atoms with van der Waals surface area (Å²) in [7, 11) is 0. The second kappa shape index (κ2) is 7.86. The lowest BCUT2D eigenvalue weighted by Gasteiger charge is -2.34. The molecule has 2 aliphatic rings. The summed E-state index contributed by atoms with van der Waals surface area (Å²) in [6.07, 6.45) is 5.49. The Labute approximate surface area is 159 Å². The number of anilines is 1. The van der Waals surface area contributed by atoms with Crippen LogP contribution in [-0.2, 0) is 4.79 Å². The van der Waals surface area contributed by atoms with Crippen molar-refractivity contribution in [2.75, 3.05) is 31.5 Å². The lowest BCUT2D eigenvalue weighted by Crippen LogP contribution is -2.48. The molecule has 0 bridgehead atoms. The van der Waals surface area contributed by atoms with Crippen LogP contribution >= 0.6 is 0 Å². The summed E-state index contributed by atoms with van der Waals surface area (Å²) in [6.45, 7) is 2.94. The highest BCUT2D eigenvalue weighted by Crippen LogP contribution is 2.24. The minimum Gasteiger partial charge on any atom is -0.464 e. The molecule has 0 aliphatic carbocycles. The Kier molecular flexibility index (Phi) is 5.14. The Morgan fingerprint density at radius 3 is 2.41 bits per heavy atom. The van der Waals surface area contributed by atoms with E-state index in [4.69, 9.17) is 4.42 Å². The number of amides is 3. The van der Waals surface area contributed by atoms with Gasteiger partial charge in [-0.1, -0.05) is 0 Å². The summed E-state index contributed by atoms with van der Waals surface area (Å²) in [5.41, 5.74) is 1.73. The summed E-state index contributed by atoms with van der Waals surface area (Å²) < 4.78 is 5.38. The van der Waals surface area contributed by atoms with Crippen LogP contribution in [0.25, 0.3) is 11.3 Å². The zero-order valence-electron chi connectivity index (χ0n) is 15.4. The van der Waals surface area contributed by atoms with E-state index in [1.165, 1.54) is 0 Å². The summed E-state index contributed by atoms with van der Waals surface area (Å²) in [5.74, 6) is 0.631. The van der Waals surface area contributed by atoms with E-state index >= 15 is 0 Å². The summed E-state index contributed by atoms with van der Waals surface area (Å²) in [4.78, 5) is 29.0. The van der Waals surface area contributed by atoms with Crippen molar-refractivity contribution in [3.63, 3.8) is 0 Å². The van der Waals surface area contributed by atoms with E-state index < -0.39 is 0 Å². The molecule has 0 radical (unpaired) electrons. The van der Waals surface area contributed by atoms with Crippen LogP contribution in [0, 0.1) is 5.92 Å². The second-order valence-corrected chi connectivity index (χ2v) is 7.31. The molecule has 2 fully saturated rings. The molecule has 0 saturated carbocycles. The molecule has 0 unspecified atom stereocenters. The van der Waals surface area contributed by atoms with Gasteiger partial charge in [0.05, 0.1) is 12.2 Å². The van der Waals surface area contributed by atoms with Crippen molar-refractivity contribution in [3.05, 3.63) is 42.7 Å². The van der Waals surface area contributed by atoms with E-state index in [-0.39, 0.29) is 17.9 Å². The molecule has 2 aromatic rings. The highest BCUT2D eigenvalue weighted by atomic mass is 16.3. The number of carbonyl (C=O) groups is 2. The van der Waals surface area contributed by atoms with Crippen LogP contribution in [0.5, 0.6) is 0 Å². The minimum absolute atomic E-state index is 0.0142. The number of hydrogen-bond acceptors (Lipinski definition) is 3. The van der Waals surface area contributed by atoms with Crippen molar-refractivity contribution in [2.24, 2.45) is 5.92 Å². The Hall–Kier alpha value is -2.76. The van der Waals surface area contributed by atoms with Crippen molar-refractivity contribution < 1.29 is 14.0 Å². The van der Waals surface area contributed by atoms with Crippen LogP contribution in [-0.4, -0.2) is 47.9 Å². The first-order valence-electron chi connectivity index (χ1n) is 9.69. The largest absolute Gasteiger partial charge is 0.464 e. The maximum atomic E-state index is 12.7. The Bertz CT molecular complexity index is 780. The van der Waals surface area contributed by atoms with Gasteiger partial charge in [-0.3, -0.25) is 4.79 Å². The van der Waals surface area contributed by atoms with Crippen LogP contribution in [0.1, 0.15) is 25.7 Å². The van der Waals surface area contributed by atoms with Gasteiger partial charge >= 0.3 is 6.03 Å². The quantitative estimate of drug-likeness (QED) is 0.897. The monoisotopic (exact) mass is 367 g/mol. The zero-order valence-corrected chi connectivity index (χ0v) is 15.4. The maximum absolute atomic E-state index is 12.7. The van der Waals surface area contributed by atoms with Gasteiger partial charge in [-0.2, -0.15) is 0 Å². The predicted octanol–water partition coefficient (Wildman–Crippen LogP) is 3.81. The van der Waals surface area contributed by atoms with Gasteiger partial charge in [-0.05, 0) is 62.1 Å². The normalized spacial score (nSPS) is 19.9. The van der Waals surface area contributed by atoms with Gasteiger partial charge in [0.25, 0.3) is 0 Å². The van der Waals surface area contributed by atoms with E-state index in [2.05, 4.69) is 5.32 Å². The molecule has 3 heterocycles. The fourth-order valence-electron chi connectivity index (χ4n) is 3.88. The number of nitrogens with one attached hydrogen (secondary N) is 1. The van der Waals surface area contributed by atoms with Crippen molar-refractivity contribution in [3.8, 4) is 11.3 Å². The minimum atomic E-state index is -0.157. The van der Waals surface area contributed by atoms with Gasteiger partial charge in [-0.25, -0.2) is 4.79 Å². The van der Waals surface area contributed by atoms with E-state index in [0.717, 1.165) is 62.3 Å². The molecule has 1 N–H and O–H groups in total. The summed E-state index contributed by atoms with van der Waals surface area (Å²) in [6, 6.07) is 11.5. The molecular weight excluding hydrogens is 342 g/mol. The molecule has 4 rings (SSSR count). The number of benzene rings is 1. The van der Waals surface area contributed by atoms with Gasteiger partial charge in [0.15, 0.2) is 0 Å². The smallest absolute Gasteiger partial charge is 0.320 e. The molecule has 1 aromatic heterocycles. The maximum Gasteiger partial charge on any atom is 0.320 e. The van der Waals surface area contributed by atoms with Gasteiger partial charge in [0.2, 0.25) is 5.91 Å². The van der Waals surface area contributed by atoms with Crippen LogP contribution in [0.4, 0.5) is 10.5 Å². The third-order valence-corrected chi connectivity index (χ3v) is 5.40. The fourth-order valence-corrected chi connectivity index (χ4v) is 3.88. The molecule has 1 aromatic carbocycles. The standard InChI is InChI=1S/C21H25N3O3/c25-20(22-18-9-7-16(8-10-18)19-6-4-14-27-19)17-5-3-13-24(15-17)21(26)23-11-1-2-12-23/h4,6-10,14,17H,1-3,5,11-13,15H2,(H,22,25)/t17-/m1/s1. The highest BCUT2D eigenvalue weighted by Gasteiger charge is 2.31. The number of likely N-dealkylation sites (tertiary alicyclic amines) is 2. The number of rotatable bonds is 3. The first-order valence-corrected chi connectivity index (χ1v) is 9.69. The van der Waals surface area contributed by atoms with Crippen molar-refractivity contribution >= 4 is 17.6 Å². The van der Waals surface area contributed by atoms with Gasteiger partial charge in [0, 0.05) is 37.4 Å². The molecule has 3 amide bonds. The van der Waals surface area contributed by atoms with Crippen molar-refractivity contribution in [1.82, 2.24) is 9.80 Å². The molecule has 0 spiro atoms. The average molecular weight is 367 g/mol. The third kappa shape index (κ3) is 3.99. The Morgan fingerprint density at radius 1 is 0.963 bits per heavy atom. The molecule has 27 heavy (non-hydrogen) atoms. The number of furan rings is 1. The number of urea groups is 1. The van der Waals surface area contributed by atoms with Crippen LogP contribution in [0.3, 0.4) is 0 Å². The average Bonchev–Trinajstić information content (AvgIpc) is 3.42. The Balaban J connectivity index is 1.35.